The van der Waals surface area contributed by atoms with Crippen molar-refractivity contribution in [2.24, 2.45) is 29.6 Å². The minimum Gasteiger partial charge on any atom is -0.0651 e. The number of fused-ring (bicyclic) bond motifs is 1. The van der Waals surface area contributed by atoms with Gasteiger partial charge in [-0.1, -0.05) is 52.9 Å². The van der Waals surface area contributed by atoms with Gasteiger partial charge in [0.1, 0.15) is 0 Å². The summed E-state index contributed by atoms with van der Waals surface area (Å²) in [6.07, 6.45) is 12.0. The fourth-order valence-electron chi connectivity index (χ4n) is 4.52. The second kappa shape index (κ2) is 5.56. The summed E-state index contributed by atoms with van der Waals surface area (Å²) >= 11 is 0. The Bertz CT molecular complexity index is 208. The third-order valence-corrected chi connectivity index (χ3v) is 5.56. The highest BCUT2D eigenvalue weighted by molar-refractivity contribution is 4.88. The van der Waals surface area contributed by atoms with E-state index in [1.807, 2.05) is 0 Å². The van der Waals surface area contributed by atoms with Gasteiger partial charge in [0.15, 0.2) is 0 Å². The Morgan fingerprint density at radius 3 is 2.38 bits per heavy atom. The first-order chi connectivity index (χ1) is 7.72. The first-order valence-electron chi connectivity index (χ1n) is 7.72. The van der Waals surface area contributed by atoms with Crippen LogP contribution in [0.2, 0.25) is 0 Å². The van der Waals surface area contributed by atoms with Crippen molar-refractivity contribution in [3.8, 4) is 0 Å². The molecule has 5 unspecified atom stereocenters. The molecule has 2 aliphatic carbocycles. The van der Waals surface area contributed by atoms with Gasteiger partial charge in [-0.2, -0.15) is 0 Å². The molecular formula is C16H30. The maximum Gasteiger partial charge on any atom is -0.0352 e. The molecule has 5 atom stereocenters. The van der Waals surface area contributed by atoms with Gasteiger partial charge >= 0.3 is 0 Å². The average Bonchev–Trinajstić information content (AvgIpc) is 2.67. The Kier molecular flexibility index (Phi) is 4.33. The minimum atomic E-state index is 0.991. The van der Waals surface area contributed by atoms with E-state index in [1.165, 1.54) is 51.4 Å². The summed E-state index contributed by atoms with van der Waals surface area (Å²) in [6, 6.07) is 0. The summed E-state index contributed by atoms with van der Waals surface area (Å²) in [4.78, 5) is 0. The van der Waals surface area contributed by atoms with Crippen LogP contribution in [0.15, 0.2) is 0 Å². The van der Waals surface area contributed by atoms with E-state index in [9.17, 15) is 0 Å². The Morgan fingerprint density at radius 2 is 1.62 bits per heavy atom. The SMILES string of the molecule is CCC1CCC2C(C)CCCCC(C)CC12. The van der Waals surface area contributed by atoms with Crippen LogP contribution in [-0.2, 0) is 0 Å². The van der Waals surface area contributed by atoms with Gasteiger partial charge in [-0.05, 0) is 48.9 Å². The molecule has 0 N–H and O–H groups in total. The average molecular weight is 222 g/mol. The van der Waals surface area contributed by atoms with Crippen molar-refractivity contribution in [3.63, 3.8) is 0 Å². The first kappa shape index (κ1) is 12.5. The van der Waals surface area contributed by atoms with Gasteiger partial charge in [0.2, 0.25) is 0 Å². The molecule has 0 saturated heterocycles. The highest BCUT2D eigenvalue weighted by Gasteiger charge is 2.38. The van der Waals surface area contributed by atoms with Crippen molar-refractivity contribution >= 4 is 0 Å². The lowest BCUT2D eigenvalue weighted by Gasteiger charge is -2.29. The predicted octanol–water partition coefficient (Wildman–Crippen LogP) is 5.28. The van der Waals surface area contributed by atoms with E-state index < -0.39 is 0 Å². The quantitative estimate of drug-likeness (QED) is 0.566. The van der Waals surface area contributed by atoms with Crippen molar-refractivity contribution in [2.75, 3.05) is 0 Å². The molecule has 0 spiro atoms. The van der Waals surface area contributed by atoms with Crippen molar-refractivity contribution in [1.82, 2.24) is 0 Å². The van der Waals surface area contributed by atoms with E-state index in [4.69, 9.17) is 0 Å². The normalized spacial score (nSPS) is 45.6. The van der Waals surface area contributed by atoms with Gasteiger partial charge in [-0.15, -0.1) is 0 Å². The molecule has 2 fully saturated rings. The molecule has 2 aliphatic rings. The van der Waals surface area contributed by atoms with Gasteiger partial charge in [0.05, 0.1) is 0 Å². The molecule has 0 aliphatic heterocycles. The molecule has 0 heterocycles. The maximum atomic E-state index is 2.53. The fourth-order valence-corrected chi connectivity index (χ4v) is 4.52. The van der Waals surface area contributed by atoms with Gasteiger partial charge in [0, 0.05) is 0 Å². The molecule has 16 heavy (non-hydrogen) atoms. The standard InChI is InChI=1S/C16H30/c1-4-14-9-10-15-13(3)8-6-5-7-12(2)11-16(14)15/h12-16H,4-11H2,1-3H3. The van der Waals surface area contributed by atoms with Crippen LogP contribution in [0.25, 0.3) is 0 Å². The second-order valence-electron chi connectivity index (χ2n) is 6.68. The lowest BCUT2D eigenvalue weighted by Crippen LogP contribution is -2.22. The Balaban J connectivity index is 2.08. The van der Waals surface area contributed by atoms with Crippen LogP contribution in [0.4, 0.5) is 0 Å². The molecule has 0 aromatic heterocycles. The van der Waals surface area contributed by atoms with Gasteiger partial charge in [0.25, 0.3) is 0 Å². The summed E-state index contributed by atoms with van der Waals surface area (Å²) in [5.41, 5.74) is 0. The number of hydrogen-bond acceptors (Lipinski definition) is 0. The van der Waals surface area contributed by atoms with Crippen LogP contribution in [-0.4, -0.2) is 0 Å². The number of hydrogen-bond donors (Lipinski definition) is 0. The largest absolute Gasteiger partial charge is 0.0651 e. The lowest BCUT2D eigenvalue weighted by molar-refractivity contribution is 0.199. The van der Waals surface area contributed by atoms with Crippen molar-refractivity contribution in [3.05, 3.63) is 0 Å². The van der Waals surface area contributed by atoms with Gasteiger partial charge in [-0.3, -0.25) is 0 Å². The van der Waals surface area contributed by atoms with E-state index in [0.29, 0.717) is 0 Å². The summed E-state index contributed by atoms with van der Waals surface area (Å²) in [7, 11) is 0. The van der Waals surface area contributed by atoms with E-state index >= 15 is 0 Å². The molecule has 0 aromatic rings. The van der Waals surface area contributed by atoms with Crippen LogP contribution >= 0.6 is 0 Å². The summed E-state index contributed by atoms with van der Waals surface area (Å²) < 4.78 is 0. The smallest absolute Gasteiger partial charge is 0.0352 e. The molecule has 0 heteroatoms. The molecule has 2 saturated carbocycles. The van der Waals surface area contributed by atoms with E-state index in [2.05, 4.69) is 20.8 Å². The molecule has 2 rings (SSSR count). The zero-order valence-corrected chi connectivity index (χ0v) is 11.5. The third kappa shape index (κ3) is 2.63. The van der Waals surface area contributed by atoms with Crippen LogP contribution in [0, 0.1) is 29.6 Å². The van der Waals surface area contributed by atoms with Crippen molar-refractivity contribution < 1.29 is 0 Å². The van der Waals surface area contributed by atoms with Gasteiger partial charge < -0.3 is 0 Å². The third-order valence-electron chi connectivity index (χ3n) is 5.56. The molecule has 0 radical (unpaired) electrons. The van der Waals surface area contributed by atoms with E-state index in [-0.39, 0.29) is 0 Å². The van der Waals surface area contributed by atoms with E-state index in [0.717, 1.165) is 29.6 Å². The topological polar surface area (TPSA) is 0 Å². The Labute approximate surface area is 102 Å². The van der Waals surface area contributed by atoms with Crippen LogP contribution in [0.5, 0.6) is 0 Å². The second-order valence-corrected chi connectivity index (χ2v) is 6.68. The molecule has 0 amide bonds. The zero-order valence-electron chi connectivity index (χ0n) is 11.5. The monoisotopic (exact) mass is 222 g/mol. The lowest BCUT2D eigenvalue weighted by atomic mass is 9.76. The summed E-state index contributed by atoms with van der Waals surface area (Å²) in [5.74, 6) is 5.21. The summed E-state index contributed by atoms with van der Waals surface area (Å²) in [6.45, 7) is 7.44. The molecular weight excluding hydrogens is 192 g/mol. The zero-order chi connectivity index (χ0) is 11.5. The molecule has 0 nitrogen and oxygen atoms in total. The highest BCUT2D eigenvalue weighted by Crippen LogP contribution is 2.48. The summed E-state index contributed by atoms with van der Waals surface area (Å²) in [5, 5.41) is 0. The fraction of sp³-hybridized carbons (Fsp3) is 1.00. The first-order valence-corrected chi connectivity index (χ1v) is 7.72. The molecule has 0 bridgehead atoms. The maximum absolute atomic E-state index is 2.53. The van der Waals surface area contributed by atoms with Gasteiger partial charge in [-0.25, -0.2) is 0 Å². The van der Waals surface area contributed by atoms with Crippen LogP contribution < -0.4 is 0 Å². The van der Waals surface area contributed by atoms with Crippen LogP contribution in [0.1, 0.15) is 72.1 Å². The van der Waals surface area contributed by atoms with Crippen LogP contribution in [0.3, 0.4) is 0 Å². The van der Waals surface area contributed by atoms with Crippen molar-refractivity contribution in [1.29, 1.82) is 0 Å². The molecule has 0 aromatic carbocycles. The van der Waals surface area contributed by atoms with E-state index in [1.54, 1.807) is 0 Å². The Morgan fingerprint density at radius 1 is 0.875 bits per heavy atom. The Hall–Kier alpha value is 0. The number of rotatable bonds is 1. The minimum absolute atomic E-state index is 0.991. The van der Waals surface area contributed by atoms with Crippen molar-refractivity contribution in [2.45, 2.75) is 72.1 Å². The highest BCUT2D eigenvalue weighted by atomic mass is 14.4. The predicted molar refractivity (Wildman–Crippen MR) is 71.4 cm³/mol. The molecule has 94 valence electrons.